The van der Waals surface area contributed by atoms with Crippen molar-refractivity contribution in [1.82, 2.24) is 10.2 Å². The third-order valence-electron chi connectivity index (χ3n) is 4.95. The normalized spacial score (nSPS) is 19.0. The summed E-state index contributed by atoms with van der Waals surface area (Å²) in [5.41, 5.74) is 6.85. The number of amides is 1. The molecule has 1 saturated heterocycles. The highest BCUT2D eigenvalue weighted by Crippen LogP contribution is 2.26. The average Bonchev–Trinajstić information content (AvgIpc) is 2.62. The first-order chi connectivity index (χ1) is 11.6. The fourth-order valence-electron chi connectivity index (χ4n) is 3.23. The van der Waals surface area contributed by atoms with Gasteiger partial charge in [-0.25, -0.2) is 0 Å². The highest BCUT2D eigenvalue weighted by Gasteiger charge is 2.25. The lowest BCUT2D eigenvalue weighted by molar-refractivity contribution is -0.123. The molecule has 1 aromatic rings. The van der Waals surface area contributed by atoms with E-state index in [2.05, 4.69) is 41.4 Å². The quantitative estimate of drug-likeness (QED) is 0.763. The second-order valence-corrected chi connectivity index (χ2v) is 6.75. The third-order valence-corrected chi connectivity index (χ3v) is 4.95. The summed E-state index contributed by atoms with van der Waals surface area (Å²) in [6, 6.07) is 10.7. The fraction of sp³-hybridized carbons (Fsp3) is 0.632. The number of benzene rings is 1. The van der Waals surface area contributed by atoms with E-state index in [1.165, 1.54) is 18.4 Å². The molecular formula is C19H31N3O2. The molecule has 1 aromatic carbocycles. The molecule has 0 bridgehead atoms. The van der Waals surface area contributed by atoms with Gasteiger partial charge in [0.05, 0.1) is 18.6 Å². The van der Waals surface area contributed by atoms with Crippen molar-refractivity contribution in [1.29, 1.82) is 0 Å². The molecular weight excluding hydrogens is 302 g/mol. The minimum atomic E-state index is -0.212. The second kappa shape index (κ2) is 9.77. The number of rotatable bonds is 8. The maximum atomic E-state index is 12.2. The van der Waals surface area contributed by atoms with Gasteiger partial charge >= 0.3 is 0 Å². The first-order valence-electron chi connectivity index (χ1n) is 8.92. The van der Waals surface area contributed by atoms with E-state index in [9.17, 15) is 4.79 Å². The van der Waals surface area contributed by atoms with Gasteiger partial charge in [-0.3, -0.25) is 9.69 Å². The van der Waals surface area contributed by atoms with Crippen LogP contribution < -0.4 is 11.1 Å². The van der Waals surface area contributed by atoms with Crippen LogP contribution in [0, 0.1) is 5.92 Å². The van der Waals surface area contributed by atoms with Crippen molar-refractivity contribution < 1.29 is 9.53 Å². The number of carbonyl (C=O) groups is 1. The number of ether oxygens (including phenoxy) is 1. The van der Waals surface area contributed by atoms with Crippen LogP contribution in [-0.4, -0.2) is 50.2 Å². The Morgan fingerprint density at radius 2 is 2.00 bits per heavy atom. The van der Waals surface area contributed by atoms with Crippen LogP contribution in [0.15, 0.2) is 30.3 Å². The minimum Gasteiger partial charge on any atom is -0.380 e. The van der Waals surface area contributed by atoms with Crippen LogP contribution in [0.5, 0.6) is 0 Å². The Hall–Kier alpha value is -1.43. The zero-order valence-corrected chi connectivity index (χ0v) is 14.9. The summed E-state index contributed by atoms with van der Waals surface area (Å²) in [4.78, 5) is 14.7. The second-order valence-electron chi connectivity index (χ2n) is 6.75. The number of methoxy groups -OCH3 is 1. The van der Waals surface area contributed by atoms with E-state index < -0.39 is 0 Å². The minimum absolute atomic E-state index is 0.00129. The molecule has 2 unspecified atom stereocenters. The number of nitrogens with two attached hydrogens (primary N) is 1. The molecule has 0 saturated carbocycles. The van der Waals surface area contributed by atoms with Gasteiger partial charge in [0.1, 0.15) is 0 Å². The molecule has 1 aliphatic rings. The number of hydrogen-bond acceptors (Lipinski definition) is 4. The van der Waals surface area contributed by atoms with E-state index in [0.717, 1.165) is 19.0 Å². The number of hydrogen-bond donors (Lipinski definition) is 2. The van der Waals surface area contributed by atoms with Crippen molar-refractivity contribution in [3.8, 4) is 0 Å². The van der Waals surface area contributed by atoms with Gasteiger partial charge in [0.2, 0.25) is 5.91 Å². The summed E-state index contributed by atoms with van der Waals surface area (Å²) in [5, 5.41) is 3.07. The van der Waals surface area contributed by atoms with Crippen LogP contribution in [0.1, 0.15) is 37.8 Å². The van der Waals surface area contributed by atoms with Gasteiger partial charge < -0.3 is 15.8 Å². The highest BCUT2D eigenvalue weighted by molar-refractivity contribution is 5.76. The SMILES string of the molecule is COC(CN)CC(=O)NCC(c1ccccc1)N1CCC(C)CC1. The molecule has 1 fully saturated rings. The maximum absolute atomic E-state index is 12.2. The van der Waals surface area contributed by atoms with Crippen molar-refractivity contribution in [3.63, 3.8) is 0 Å². The molecule has 0 spiro atoms. The van der Waals surface area contributed by atoms with Crippen molar-refractivity contribution >= 4 is 5.91 Å². The summed E-state index contributed by atoms with van der Waals surface area (Å²) in [7, 11) is 1.59. The number of carbonyl (C=O) groups excluding carboxylic acids is 1. The molecule has 3 N–H and O–H groups in total. The maximum Gasteiger partial charge on any atom is 0.222 e. The number of likely N-dealkylation sites (tertiary alicyclic amines) is 1. The summed E-state index contributed by atoms with van der Waals surface area (Å²) in [6.07, 6.45) is 2.54. The molecule has 2 rings (SSSR count). The van der Waals surface area contributed by atoms with Gasteiger partial charge in [-0.05, 0) is 37.4 Å². The molecule has 134 valence electrons. The zero-order chi connectivity index (χ0) is 17.4. The van der Waals surface area contributed by atoms with Crippen LogP contribution in [0.3, 0.4) is 0 Å². The molecule has 1 amide bonds. The number of nitrogens with zero attached hydrogens (tertiary/aromatic N) is 1. The van der Waals surface area contributed by atoms with Crippen LogP contribution >= 0.6 is 0 Å². The summed E-state index contributed by atoms with van der Waals surface area (Å²) in [6.45, 7) is 5.46. The Balaban J connectivity index is 1.97. The molecule has 1 heterocycles. The Morgan fingerprint density at radius 3 is 2.58 bits per heavy atom. The predicted octanol–water partition coefficient (Wildman–Crippen LogP) is 1.94. The van der Waals surface area contributed by atoms with Crippen molar-refractivity contribution in [3.05, 3.63) is 35.9 Å². The smallest absolute Gasteiger partial charge is 0.222 e. The van der Waals surface area contributed by atoms with Gasteiger partial charge in [0.15, 0.2) is 0 Å². The largest absolute Gasteiger partial charge is 0.380 e. The molecule has 0 aliphatic carbocycles. The molecule has 2 atom stereocenters. The first kappa shape index (κ1) is 18.9. The van der Waals surface area contributed by atoms with E-state index in [1.807, 2.05) is 6.07 Å². The van der Waals surface area contributed by atoms with Gasteiger partial charge in [0.25, 0.3) is 0 Å². The van der Waals surface area contributed by atoms with Gasteiger partial charge in [0, 0.05) is 20.2 Å². The van der Waals surface area contributed by atoms with Crippen LogP contribution in [0.25, 0.3) is 0 Å². The van der Waals surface area contributed by atoms with Gasteiger partial charge in [-0.15, -0.1) is 0 Å². The number of nitrogens with one attached hydrogen (secondary N) is 1. The molecule has 1 aliphatic heterocycles. The van der Waals surface area contributed by atoms with Gasteiger partial charge in [-0.1, -0.05) is 37.3 Å². The Kier molecular flexibility index (Phi) is 7.69. The van der Waals surface area contributed by atoms with Crippen LogP contribution in [0.4, 0.5) is 0 Å². The van der Waals surface area contributed by atoms with E-state index in [-0.39, 0.29) is 18.1 Å². The summed E-state index contributed by atoms with van der Waals surface area (Å²) >= 11 is 0. The lowest BCUT2D eigenvalue weighted by atomic mass is 9.95. The highest BCUT2D eigenvalue weighted by atomic mass is 16.5. The summed E-state index contributed by atoms with van der Waals surface area (Å²) in [5.74, 6) is 0.790. The van der Waals surface area contributed by atoms with E-state index in [4.69, 9.17) is 10.5 Å². The lowest BCUT2D eigenvalue weighted by Gasteiger charge is -2.37. The molecule has 0 aromatic heterocycles. The van der Waals surface area contributed by atoms with Crippen molar-refractivity contribution in [2.24, 2.45) is 11.7 Å². The third kappa shape index (κ3) is 5.58. The molecule has 5 nitrogen and oxygen atoms in total. The molecule has 0 radical (unpaired) electrons. The standard InChI is InChI=1S/C19H31N3O2/c1-15-8-10-22(11-9-15)18(16-6-4-3-5-7-16)14-21-19(23)12-17(13-20)24-2/h3-7,15,17-18H,8-14,20H2,1-2H3,(H,21,23). The Bertz CT molecular complexity index is 483. The Labute approximate surface area is 145 Å². The average molecular weight is 333 g/mol. The fourth-order valence-corrected chi connectivity index (χ4v) is 3.23. The van der Waals surface area contributed by atoms with E-state index in [0.29, 0.717) is 19.5 Å². The molecule has 24 heavy (non-hydrogen) atoms. The lowest BCUT2D eigenvalue weighted by Crippen LogP contribution is -2.42. The first-order valence-corrected chi connectivity index (χ1v) is 8.92. The van der Waals surface area contributed by atoms with Crippen LogP contribution in [0.2, 0.25) is 0 Å². The van der Waals surface area contributed by atoms with Crippen LogP contribution in [-0.2, 0) is 9.53 Å². The van der Waals surface area contributed by atoms with Crippen molar-refractivity contribution in [2.45, 2.75) is 38.3 Å². The topological polar surface area (TPSA) is 67.6 Å². The summed E-state index contributed by atoms with van der Waals surface area (Å²) < 4.78 is 5.19. The predicted molar refractivity (Wildman–Crippen MR) is 96.6 cm³/mol. The van der Waals surface area contributed by atoms with E-state index >= 15 is 0 Å². The van der Waals surface area contributed by atoms with Crippen molar-refractivity contribution in [2.75, 3.05) is 33.3 Å². The number of piperidine rings is 1. The zero-order valence-electron chi connectivity index (χ0n) is 14.9. The monoisotopic (exact) mass is 333 g/mol. The molecule has 5 heteroatoms. The van der Waals surface area contributed by atoms with Gasteiger partial charge in [-0.2, -0.15) is 0 Å². The van der Waals surface area contributed by atoms with E-state index in [1.54, 1.807) is 7.11 Å². The Morgan fingerprint density at radius 1 is 1.33 bits per heavy atom.